The van der Waals surface area contributed by atoms with Crippen molar-refractivity contribution in [3.05, 3.63) is 0 Å². The van der Waals surface area contributed by atoms with Gasteiger partial charge in [0, 0.05) is 26.2 Å². The lowest BCUT2D eigenvalue weighted by Crippen LogP contribution is -2.34. The molecule has 0 spiro atoms. The Morgan fingerprint density at radius 2 is 2.38 bits per heavy atom. The molecule has 1 fully saturated rings. The van der Waals surface area contributed by atoms with Crippen LogP contribution in [0.15, 0.2) is 0 Å². The van der Waals surface area contributed by atoms with Crippen molar-refractivity contribution >= 4 is 6.09 Å². The summed E-state index contributed by atoms with van der Waals surface area (Å²) in [5.41, 5.74) is 0. The van der Waals surface area contributed by atoms with Crippen LogP contribution in [0.25, 0.3) is 0 Å². The number of nitrogens with one attached hydrogen (secondary N) is 1. The molecule has 0 radical (unpaired) electrons. The topological polar surface area (TPSA) is 91.3 Å². The summed E-state index contributed by atoms with van der Waals surface area (Å²) < 4.78 is 5.01. The molecule has 1 rings (SSSR count). The zero-order chi connectivity index (χ0) is 12.0. The third-order valence-corrected chi connectivity index (χ3v) is 2.49. The molecule has 16 heavy (non-hydrogen) atoms. The van der Waals surface area contributed by atoms with Crippen molar-refractivity contribution in [2.24, 2.45) is 0 Å². The number of carbonyl (C=O) groups is 1. The van der Waals surface area contributed by atoms with E-state index in [0.29, 0.717) is 13.0 Å². The van der Waals surface area contributed by atoms with Gasteiger partial charge in [-0.05, 0) is 6.42 Å². The molecule has 0 aromatic rings. The lowest BCUT2D eigenvalue weighted by Gasteiger charge is -2.17. The van der Waals surface area contributed by atoms with E-state index in [1.165, 1.54) is 4.90 Å². The number of rotatable bonds is 5. The van der Waals surface area contributed by atoms with E-state index in [0.717, 1.165) is 0 Å². The van der Waals surface area contributed by atoms with Gasteiger partial charge in [-0.1, -0.05) is 0 Å². The van der Waals surface area contributed by atoms with Crippen molar-refractivity contribution in [3.63, 3.8) is 0 Å². The van der Waals surface area contributed by atoms with Gasteiger partial charge < -0.3 is 20.1 Å². The maximum absolute atomic E-state index is 11.3. The van der Waals surface area contributed by atoms with Crippen molar-refractivity contribution in [1.29, 1.82) is 0 Å². The summed E-state index contributed by atoms with van der Waals surface area (Å²) in [7, 11) is 1.56. The average Bonchev–Trinajstić information content (AvgIpc) is 2.74. The first-order valence-electron chi connectivity index (χ1n) is 5.19. The van der Waals surface area contributed by atoms with Crippen LogP contribution in [-0.4, -0.2) is 66.9 Å². The number of hydrogen-bond acceptors (Lipinski definition) is 6. The van der Waals surface area contributed by atoms with Gasteiger partial charge in [-0.15, -0.1) is 0 Å². The fourth-order valence-corrected chi connectivity index (χ4v) is 1.51. The minimum absolute atomic E-state index is 0.00336. The third-order valence-electron chi connectivity index (χ3n) is 2.49. The molecule has 7 heteroatoms. The summed E-state index contributed by atoms with van der Waals surface area (Å²) in [6, 6.07) is 0.00336. The van der Waals surface area contributed by atoms with Gasteiger partial charge >= 0.3 is 6.09 Å². The Kier molecular flexibility index (Phi) is 5.47. The average molecular weight is 234 g/mol. The van der Waals surface area contributed by atoms with Crippen LogP contribution < -0.4 is 5.32 Å². The van der Waals surface area contributed by atoms with Crippen LogP contribution in [0.3, 0.4) is 0 Å². The van der Waals surface area contributed by atoms with Crippen LogP contribution in [0.5, 0.6) is 0 Å². The highest BCUT2D eigenvalue weighted by atomic mass is 17.1. The molecule has 2 atom stereocenters. The number of likely N-dealkylation sites (N-methyl/N-ethyl adjacent to an activating group) is 1. The van der Waals surface area contributed by atoms with E-state index in [4.69, 9.17) is 15.1 Å². The molecule has 1 aliphatic rings. The zero-order valence-corrected chi connectivity index (χ0v) is 9.26. The van der Waals surface area contributed by atoms with Gasteiger partial charge in [-0.25, -0.2) is 9.68 Å². The zero-order valence-electron chi connectivity index (χ0n) is 9.26. The fraction of sp³-hybridized carbons (Fsp3) is 0.889. The van der Waals surface area contributed by atoms with Gasteiger partial charge in [0.15, 0.2) is 0 Å². The highest BCUT2D eigenvalue weighted by molar-refractivity contribution is 5.67. The van der Waals surface area contributed by atoms with Gasteiger partial charge in [-0.3, -0.25) is 5.26 Å². The second-order valence-electron chi connectivity index (χ2n) is 3.79. The monoisotopic (exact) mass is 234 g/mol. The molecule has 0 aliphatic carbocycles. The molecule has 0 aromatic carbocycles. The highest BCUT2D eigenvalue weighted by Crippen LogP contribution is 2.09. The molecule has 94 valence electrons. The smallest absolute Gasteiger partial charge is 0.409 e. The molecular formula is C9H18N2O5. The van der Waals surface area contributed by atoms with Crippen LogP contribution in [0.1, 0.15) is 6.42 Å². The predicted octanol–water partition coefficient (Wildman–Crippen LogP) is -0.733. The molecule has 3 N–H and O–H groups in total. The molecule has 0 bridgehead atoms. The van der Waals surface area contributed by atoms with E-state index in [1.807, 2.05) is 0 Å². The van der Waals surface area contributed by atoms with E-state index in [-0.39, 0.29) is 31.9 Å². The largest absolute Gasteiger partial charge is 0.448 e. The van der Waals surface area contributed by atoms with Crippen LogP contribution in [0, 0.1) is 0 Å². The first-order valence-corrected chi connectivity index (χ1v) is 5.19. The summed E-state index contributed by atoms with van der Waals surface area (Å²) in [6.07, 6.45) is -0.101. The number of aliphatic hydroxyl groups is 1. The Labute approximate surface area is 93.9 Å². The van der Waals surface area contributed by atoms with Crippen molar-refractivity contribution in [3.8, 4) is 0 Å². The first kappa shape index (κ1) is 13.2. The first-order chi connectivity index (χ1) is 7.67. The fourth-order valence-electron chi connectivity index (χ4n) is 1.51. The van der Waals surface area contributed by atoms with Crippen LogP contribution >= 0.6 is 0 Å². The number of aliphatic hydroxyl groups excluding tert-OH is 1. The Morgan fingerprint density at radius 1 is 1.62 bits per heavy atom. The molecule has 1 aliphatic heterocycles. The quantitative estimate of drug-likeness (QED) is 0.429. The summed E-state index contributed by atoms with van der Waals surface area (Å²) in [6.45, 7) is 0.937. The Balaban J connectivity index is 2.17. The molecule has 1 saturated heterocycles. The number of carbonyl (C=O) groups excluding carboxylic acids is 1. The molecule has 0 aromatic heterocycles. The van der Waals surface area contributed by atoms with Gasteiger partial charge in [0.25, 0.3) is 0 Å². The van der Waals surface area contributed by atoms with Gasteiger partial charge in [0.1, 0.15) is 12.7 Å². The number of ether oxygens (including phenoxy) is 1. The van der Waals surface area contributed by atoms with E-state index in [1.54, 1.807) is 7.05 Å². The number of nitrogens with zero attached hydrogens (tertiary/aromatic N) is 1. The lowest BCUT2D eigenvalue weighted by atomic mass is 10.2. The summed E-state index contributed by atoms with van der Waals surface area (Å²) >= 11 is 0. The Hall–Kier alpha value is -0.890. The molecule has 1 amide bonds. The van der Waals surface area contributed by atoms with E-state index >= 15 is 0 Å². The molecule has 7 nitrogen and oxygen atoms in total. The highest BCUT2D eigenvalue weighted by Gasteiger charge is 2.26. The SMILES string of the molecule is CN(CCO)C(=O)OCC1CC(OO)CN1. The molecular weight excluding hydrogens is 216 g/mol. The lowest BCUT2D eigenvalue weighted by molar-refractivity contribution is -0.273. The maximum atomic E-state index is 11.3. The number of hydrogen-bond donors (Lipinski definition) is 3. The number of amides is 1. The second-order valence-corrected chi connectivity index (χ2v) is 3.79. The summed E-state index contributed by atoms with van der Waals surface area (Å²) in [5, 5.41) is 20.1. The predicted molar refractivity (Wildman–Crippen MR) is 55.0 cm³/mol. The Bertz CT molecular complexity index is 226. The normalized spacial score (nSPS) is 24.4. The van der Waals surface area contributed by atoms with Crippen molar-refractivity contribution in [2.75, 3.05) is 33.4 Å². The van der Waals surface area contributed by atoms with Gasteiger partial charge in [-0.2, -0.15) is 0 Å². The third kappa shape index (κ3) is 3.93. The van der Waals surface area contributed by atoms with Crippen molar-refractivity contribution < 1.29 is 24.8 Å². The molecule has 2 unspecified atom stereocenters. The van der Waals surface area contributed by atoms with Gasteiger partial charge in [0.05, 0.1) is 6.61 Å². The minimum Gasteiger partial charge on any atom is -0.448 e. The Morgan fingerprint density at radius 3 is 2.94 bits per heavy atom. The summed E-state index contributed by atoms with van der Waals surface area (Å²) in [4.78, 5) is 16.8. The molecule has 1 heterocycles. The standard InChI is InChI=1S/C9H18N2O5/c1-11(2-3-12)9(13)15-6-7-4-8(16-14)5-10-7/h7-8,10,12,14H,2-6H2,1H3. The summed E-state index contributed by atoms with van der Waals surface area (Å²) in [5.74, 6) is 0. The minimum atomic E-state index is -0.468. The van der Waals surface area contributed by atoms with Crippen LogP contribution in [0.4, 0.5) is 4.79 Å². The maximum Gasteiger partial charge on any atom is 0.409 e. The van der Waals surface area contributed by atoms with Gasteiger partial charge in [0.2, 0.25) is 0 Å². The van der Waals surface area contributed by atoms with Crippen LogP contribution in [0.2, 0.25) is 0 Å². The second kappa shape index (κ2) is 6.64. The van der Waals surface area contributed by atoms with E-state index in [2.05, 4.69) is 10.2 Å². The molecule has 0 saturated carbocycles. The van der Waals surface area contributed by atoms with Crippen LogP contribution in [-0.2, 0) is 9.62 Å². The van der Waals surface area contributed by atoms with Crippen molar-refractivity contribution in [1.82, 2.24) is 10.2 Å². The van der Waals surface area contributed by atoms with E-state index < -0.39 is 6.09 Å². The van der Waals surface area contributed by atoms with Crippen molar-refractivity contribution in [2.45, 2.75) is 18.6 Å². The van der Waals surface area contributed by atoms with E-state index in [9.17, 15) is 4.79 Å².